The highest BCUT2D eigenvalue weighted by atomic mass is 19.1. The van der Waals surface area contributed by atoms with Crippen LogP contribution in [-0.4, -0.2) is 12.2 Å². The second-order valence-corrected chi connectivity index (χ2v) is 5.32. The second kappa shape index (κ2) is 5.64. The summed E-state index contributed by atoms with van der Waals surface area (Å²) in [6.45, 7) is 0. The van der Waals surface area contributed by atoms with Crippen LogP contribution in [0.25, 0.3) is 0 Å². The molecular formula is C17H18FNO2. The smallest absolute Gasteiger partial charge is 0.166 e. The summed E-state index contributed by atoms with van der Waals surface area (Å²) in [5.41, 5.74) is 3.19. The highest BCUT2D eigenvalue weighted by Gasteiger charge is 2.20. The number of halogens is 1. The van der Waals surface area contributed by atoms with Crippen LogP contribution in [0.5, 0.6) is 11.5 Å². The summed E-state index contributed by atoms with van der Waals surface area (Å²) < 4.78 is 18.7. The van der Waals surface area contributed by atoms with Gasteiger partial charge in [0.25, 0.3) is 0 Å². The van der Waals surface area contributed by atoms with Gasteiger partial charge in [0.1, 0.15) is 5.75 Å². The lowest BCUT2D eigenvalue weighted by Crippen LogP contribution is -2.17. The van der Waals surface area contributed by atoms with Gasteiger partial charge in [-0.2, -0.15) is 0 Å². The van der Waals surface area contributed by atoms with Crippen molar-refractivity contribution in [2.75, 3.05) is 12.4 Å². The van der Waals surface area contributed by atoms with E-state index < -0.39 is 5.82 Å². The minimum Gasteiger partial charge on any atom is -0.505 e. The zero-order chi connectivity index (χ0) is 14.8. The van der Waals surface area contributed by atoms with Crippen LogP contribution in [0.3, 0.4) is 0 Å². The van der Waals surface area contributed by atoms with E-state index in [0.717, 1.165) is 25.0 Å². The van der Waals surface area contributed by atoms with Crippen LogP contribution in [-0.2, 0) is 6.42 Å². The summed E-state index contributed by atoms with van der Waals surface area (Å²) in [5.74, 6) is -0.0647. The average molecular weight is 287 g/mol. The summed E-state index contributed by atoms with van der Waals surface area (Å²) in [6.07, 6.45) is 3.12. The summed E-state index contributed by atoms with van der Waals surface area (Å²) in [7, 11) is 1.67. The number of benzene rings is 2. The summed E-state index contributed by atoms with van der Waals surface area (Å²) in [6, 6.07) is 10.6. The molecule has 0 saturated carbocycles. The number of rotatable bonds is 3. The second-order valence-electron chi connectivity index (χ2n) is 5.32. The molecule has 1 unspecified atom stereocenters. The molecule has 0 aliphatic heterocycles. The van der Waals surface area contributed by atoms with Gasteiger partial charge in [0.05, 0.1) is 13.2 Å². The highest BCUT2D eigenvalue weighted by Crippen LogP contribution is 2.35. The average Bonchev–Trinajstić information content (AvgIpc) is 2.50. The van der Waals surface area contributed by atoms with E-state index >= 15 is 0 Å². The van der Waals surface area contributed by atoms with Crippen LogP contribution >= 0.6 is 0 Å². The van der Waals surface area contributed by atoms with Crippen LogP contribution in [0.1, 0.15) is 30.0 Å². The van der Waals surface area contributed by atoms with E-state index in [1.807, 2.05) is 6.07 Å². The first kappa shape index (κ1) is 13.7. The maximum atomic E-state index is 13.4. The zero-order valence-corrected chi connectivity index (χ0v) is 11.9. The Kier molecular flexibility index (Phi) is 3.69. The molecule has 2 aromatic rings. The zero-order valence-electron chi connectivity index (χ0n) is 11.9. The number of anilines is 1. The molecule has 4 heteroatoms. The topological polar surface area (TPSA) is 41.5 Å². The largest absolute Gasteiger partial charge is 0.505 e. The van der Waals surface area contributed by atoms with Crippen LogP contribution in [0.15, 0.2) is 36.4 Å². The monoisotopic (exact) mass is 287 g/mol. The Morgan fingerprint density at radius 1 is 1.24 bits per heavy atom. The van der Waals surface area contributed by atoms with E-state index in [9.17, 15) is 9.50 Å². The SMILES string of the molecule is COc1ccc2c(c1)CCCC2Nc1ccc(O)c(F)c1. The summed E-state index contributed by atoms with van der Waals surface area (Å²) in [5, 5.41) is 12.6. The van der Waals surface area contributed by atoms with E-state index in [0.29, 0.717) is 5.69 Å². The fraction of sp³-hybridized carbons (Fsp3) is 0.294. The van der Waals surface area contributed by atoms with Crippen LogP contribution in [0.4, 0.5) is 10.1 Å². The third-order valence-electron chi connectivity index (χ3n) is 3.95. The van der Waals surface area contributed by atoms with Crippen molar-refractivity contribution in [2.45, 2.75) is 25.3 Å². The molecule has 1 aliphatic carbocycles. The summed E-state index contributed by atoms with van der Waals surface area (Å²) >= 11 is 0. The van der Waals surface area contributed by atoms with Crippen LogP contribution in [0, 0.1) is 5.82 Å². The Labute approximate surface area is 123 Å². The van der Waals surface area contributed by atoms with E-state index in [1.165, 1.54) is 23.3 Å². The Balaban J connectivity index is 1.86. The minimum absolute atomic E-state index is 0.156. The number of ether oxygens (including phenoxy) is 1. The molecule has 0 saturated heterocycles. The van der Waals surface area contributed by atoms with E-state index in [2.05, 4.69) is 17.4 Å². The lowest BCUT2D eigenvalue weighted by Gasteiger charge is -2.27. The van der Waals surface area contributed by atoms with Crippen molar-refractivity contribution in [3.63, 3.8) is 0 Å². The van der Waals surface area contributed by atoms with E-state index in [-0.39, 0.29) is 11.8 Å². The first-order chi connectivity index (χ1) is 10.2. The number of aromatic hydroxyl groups is 1. The molecule has 0 radical (unpaired) electrons. The molecule has 1 aliphatic rings. The number of fused-ring (bicyclic) bond motifs is 1. The van der Waals surface area contributed by atoms with E-state index in [1.54, 1.807) is 13.2 Å². The molecule has 0 aromatic heterocycles. The number of nitrogens with one attached hydrogen (secondary N) is 1. The molecule has 110 valence electrons. The molecule has 21 heavy (non-hydrogen) atoms. The predicted octanol–water partition coefficient (Wildman–Crippen LogP) is 4.03. The van der Waals surface area contributed by atoms with Crippen LogP contribution < -0.4 is 10.1 Å². The number of phenolic OH excluding ortho intramolecular Hbond substituents is 1. The lowest BCUT2D eigenvalue weighted by atomic mass is 9.87. The molecule has 2 aromatic carbocycles. The molecule has 2 N–H and O–H groups in total. The van der Waals surface area contributed by atoms with Gasteiger partial charge < -0.3 is 15.2 Å². The normalized spacial score (nSPS) is 17.1. The number of methoxy groups -OCH3 is 1. The number of phenols is 1. The van der Waals surface area contributed by atoms with Crippen molar-refractivity contribution in [3.8, 4) is 11.5 Å². The van der Waals surface area contributed by atoms with E-state index in [4.69, 9.17) is 4.74 Å². The molecule has 3 rings (SSSR count). The molecule has 1 atom stereocenters. The standard InChI is InChI=1S/C17H18FNO2/c1-21-13-6-7-14-11(9-13)3-2-4-16(14)19-12-5-8-17(20)15(18)10-12/h5-10,16,19-20H,2-4H2,1H3. The first-order valence-electron chi connectivity index (χ1n) is 7.09. The molecule has 0 spiro atoms. The fourth-order valence-corrected chi connectivity index (χ4v) is 2.87. The van der Waals surface area contributed by atoms with Crippen molar-refractivity contribution >= 4 is 5.69 Å². The quantitative estimate of drug-likeness (QED) is 0.837. The van der Waals surface area contributed by atoms with Gasteiger partial charge in [-0.1, -0.05) is 6.07 Å². The van der Waals surface area contributed by atoms with Gasteiger partial charge in [0, 0.05) is 11.8 Å². The maximum Gasteiger partial charge on any atom is 0.166 e. The van der Waals surface area contributed by atoms with Crippen molar-refractivity contribution < 1.29 is 14.2 Å². The van der Waals surface area contributed by atoms with Gasteiger partial charge in [-0.3, -0.25) is 0 Å². The fourth-order valence-electron chi connectivity index (χ4n) is 2.87. The third kappa shape index (κ3) is 2.79. The number of hydrogen-bond donors (Lipinski definition) is 2. The number of hydrogen-bond acceptors (Lipinski definition) is 3. The lowest BCUT2D eigenvalue weighted by molar-refractivity contribution is 0.413. The third-order valence-corrected chi connectivity index (χ3v) is 3.95. The Morgan fingerprint density at radius 2 is 2.10 bits per heavy atom. The van der Waals surface area contributed by atoms with Gasteiger partial charge in [0.15, 0.2) is 11.6 Å². The van der Waals surface area contributed by atoms with Gasteiger partial charge in [-0.15, -0.1) is 0 Å². The van der Waals surface area contributed by atoms with Gasteiger partial charge in [-0.25, -0.2) is 4.39 Å². The predicted molar refractivity (Wildman–Crippen MR) is 80.4 cm³/mol. The minimum atomic E-state index is -0.606. The Bertz CT molecular complexity index is 657. The van der Waals surface area contributed by atoms with Gasteiger partial charge >= 0.3 is 0 Å². The molecule has 0 heterocycles. The highest BCUT2D eigenvalue weighted by molar-refractivity contribution is 5.50. The van der Waals surface area contributed by atoms with Crippen LogP contribution in [0.2, 0.25) is 0 Å². The van der Waals surface area contributed by atoms with Crippen molar-refractivity contribution in [2.24, 2.45) is 0 Å². The van der Waals surface area contributed by atoms with Crippen molar-refractivity contribution in [1.82, 2.24) is 0 Å². The van der Waals surface area contributed by atoms with Crippen molar-refractivity contribution in [1.29, 1.82) is 0 Å². The summed E-state index contributed by atoms with van der Waals surface area (Å²) in [4.78, 5) is 0. The Morgan fingerprint density at radius 3 is 2.86 bits per heavy atom. The van der Waals surface area contributed by atoms with Crippen molar-refractivity contribution in [3.05, 3.63) is 53.3 Å². The molecule has 0 bridgehead atoms. The molecular weight excluding hydrogens is 269 g/mol. The molecule has 0 fully saturated rings. The number of aryl methyl sites for hydroxylation is 1. The first-order valence-corrected chi connectivity index (χ1v) is 7.09. The molecule has 3 nitrogen and oxygen atoms in total. The van der Waals surface area contributed by atoms with Gasteiger partial charge in [-0.05, 0) is 54.7 Å². The maximum absolute atomic E-state index is 13.4. The van der Waals surface area contributed by atoms with Gasteiger partial charge in [0.2, 0.25) is 0 Å². The Hall–Kier alpha value is -2.23. The molecule has 0 amide bonds.